The number of nitrogens with one attached hydrogen (secondary N) is 2. The first kappa shape index (κ1) is 14.1. The Bertz CT molecular complexity index is 861. The van der Waals surface area contributed by atoms with Crippen molar-refractivity contribution in [2.75, 3.05) is 0 Å². The number of aryl methyl sites for hydroxylation is 2. The van der Waals surface area contributed by atoms with Crippen LogP contribution < -0.4 is 5.32 Å². The molecule has 6 nitrogen and oxygen atoms in total. The summed E-state index contributed by atoms with van der Waals surface area (Å²) in [5.74, 6) is -0.563. The van der Waals surface area contributed by atoms with E-state index in [9.17, 15) is 9.59 Å². The van der Waals surface area contributed by atoms with E-state index in [1.54, 1.807) is 19.9 Å². The topological polar surface area (TPSA) is 88.0 Å². The molecule has 0 saturated carbocycles. The summed E-state index contributed by atoms with van der Waals surface area (Å²) in [5.41, 5.74) is 2.50. The molecule has 0 spiro atoms. The number of H-pyrrole nitrogens is 1. The van der Waals surface area contributed by atoms with Crippen LogP contribution in [0.1, 0.15) is 27.5 Å². The number of hydrogen-bond donors (Lipinski definition) is 2. The summed E-state index contributed by atoms with van der Waals surface area (Å²) in [4.78, 5) is 27.6. The third-order valence-electron chi connectivity index (χ3n) is 3.43. The van der Waals surface area contributed by atoms with Gasteiger partial charge in [0, 0.05) is 22.7 Å². The quantitative estimate of drug-likeness (QED) is 0.571. The zero-order valence-corrected chi connectivity index (χ0v) is 12.3. The Morgan fingerprint density at radius 3 is 2.77 bits per heavy atom. The van der Waals surface area contributed by atoms with Crippen molar-refractivity contribution in [3.05, 3.63) is 53.0 Å². The minimum Gasteiger partial charge on any atom is -0.361 e. The van der Waals surface area contributed by atoms with Crippen molar-refractivity contribution in [2.24, 2.45) is 0 Å². The van der Waals surface area contributed by atoms with Gasteiger partial charge in [-0.3, -0.25) is 9.59 Å². The standard InChI is InChI=1S/C16H15N3O3/c1-9-7-11(19-22-9)8-17-16(21)15(20)14-10(2)18-13-6-4-3-5-12(13)14/h3-7,18H,8H2,1-2H3,(H,17,21). The Hall–Kier alpha value is -2.89. The van der Waals surface area contributed by atoms with Gasteiger partial charge < -0.3 is 14.8 Å². The van der Waals surface area contributed by atoms with E-state index in [4.69, 9.17) is 4.52 Å². The molecule has 3 rings (SSSR count). The van der Waals surface area contributed by atoms with Gasteiger partial charge in [0.05, 0.1) is 12.1 Å². The first-order chi connectivity index (χ1) is 10.6. The van der Waals surface area contributed by atoms with Crippen molar-refractivity contribution in [3.63, 3.8) is 0 Å². The average Bonchev–Trinajstić information content (AvgIpc) is 3.06. The minimum absolute atomic E-state index is 0.156. The van der Waals surface area contributed by atoms with Crippen molar-refractivity contribution in [1.29, 1.82) is 0 Å². The van der Waals surface area contributed by atoms with Crippen LogP contribution in [0, 0.1) is 13.8 Å². The zero-order chi connectivity index (χ0) is 15.7. The normalized spacial score (nSPS) is 10.8. The van der Waals surface area contributed by atoms with Crippen molar-refractivity contribution in [2.45, 2.75) is 20.4 Å². The molecular formula is C16H15N3O3. The van der Waals surface area contributed by atoms with Gasteiger partial charge in [-0.25, -0.2) is 0 Å². The van der Waals surface area contributed by atoms with Crippen LogP contribution in [-0.4, -0.2) is 21.8 Å². The van der Waals surface area contributed by atoms with E-state index in [0.29, 0.717) is 22.7 Å². The number of ketones is 1. The molecule has 0 aliphatic rings. The molecular weight excluding hydrogens is 282 g/mol. The predicted octanol–water partition coefficient (Wildman–Crippen LogP) is 2.27. The molecule has 1 aromatic carbocycles. The maximum absolute atomic E-state index is 12.4. The lowest BCUT2D eigenvalue weighted by molar-refractivity contribution is -0.117. The highest BCUT2D eigenvalue weighted by atomic mass is 16.5. The van der Waals surface area contributed by atoms with Crippen LogP contribution in [0.15, 0.2) is 34.9 Å². The number of Topliss-reactive ketones (excluding diaryl/α,β-unsaturated/α-hetero) is 1. The molecule has 2 heterocycles. The Balaban J connectivity index is 1.80. The molecule has 22 heavy (non-hydrogen) atoms. The third-order valence-corrected chi connectivity index (χ3v) is 3.43. The molecule has 0 radical (unpaired) electrons. The molecule has 0 bridgehead atoms. The zero-order valence-electron chi connectivity index (χ0n) is 12.3. The van der Waals surface area contributed by atoms with Crippen molar-refractivity contribution >= 4 is 22.6 Å². The van der Waals surface area contributed by atoms with E-state index in [0.717, 1.165) is 10.9 Å². The molecule has 0 unspecified atom stereocenters. The van der Waals surface area contributed by atoms with E-state index >= 15 is 0 Å². The summed E-state index contributed by atoms with van der Waals surface area (Å²) in [6, 6.07) is 9.11. The van der Waals surface area contributed by atoms with Gasteiger partial charge in [0.2, 0.25) is 0 Å². The van der Waals surface area contributed by atoms with Crippen LogP contribution in [0.25, 0.3) is 10.9 Å². The van der Waals surface area contributed by atoms with Gasteiger partial charge in [-0.05, 0) is 19.9 Å². The first-order valence-electron chi connectivity index (χ1n) is 6.88. The van der Waals surface area contributed by atoms with Crippen LogP contribution >= 0.6 is 0 Å². The molecule has 1 amide bonds. The monoisotopic (exact) mass is 297 g/mol. The average molecular weight is 297 g/mol. The number of carbonyl (C=O) groups excluding carboxylic acids is 2. The summed E-state index contributed by atoms with van der Waals surface area (Å²) in [5, 5.41) is 7.09. The Labute approximate surface area is 126 Å². The van der Waals surface area contributed by atoms with Gasteiger partial charge in [0.25, 0.3) is 11.7 Å². The van der Waals surface area contributed by atoms with Crippen molar-refractivity contribution in [1.82, 2.24) is 15.5 Å². The molecule has 0 atom stereocenters. The molecule has 0 fully saturated rings. The van der Waals surface area contributed by atoms with E-state index in [-0.39, 0.29) is 6.54 Å². The number of rotatable bonds is 4. The fourth-order valence-corrected chi connectivity index (χ4v) is 2.44. The summed E-state index contributed by atoms with van der Waals surface area (Å²) in [6.45, 7) is 3.70. The second-order valence-electron chi connectivity index (χ2n) is 5.11. The lowest BCUT2D eigenvalue weighted by Gasteiger charge is -2.02. The number of amides is 1. The second kappa shape index (κ2) is 5.48. The highest BCUT2D eigenvalue weighted by Crippen LogP contribution is 2.22. The van der Waals surface area contributed by atoms with E-state index in [2.05, 4.69) is 15.5 Å². The smallest absolute Gasteiger partial charge is 0.292 e. The van der Waals surface area contributed by atoms with Gasteiger partial charge >= 0.3 is 0 Å². The SMILES string of the molecule is Cc1cc(CNC(=O)C(=O)c2c(C)[nH]c3ccccc23)no1. The maximum Gasteiger partial charge on any atom is 0.292 e. The third kappa shape index (κ3) is 2.50. The van der Waals surface area contributed by atoms with E-state index in [1.165, 1.54) is 0 Å². The van der Waals surface area contributed by atoms with Crippen LogP contribution in [0.2, 0.25) is 0 Å². The van der Waals surface area contributed by atoms with Gasteiger partial charge in [-0.2, -0.15) is 0 Å². The Morgan fingerprint density at radius 2 is 2.05 bits per heavy atom. The van der Waals surface area contributed by atoms with E-state index in [1.807, 2.05) is 24.3 Å². The Kier molecular flexibility index (Phi) is 3.50. The molecule has 2 aromatic heterocycles. The predicted molar refractivity (Wildman–Crippen MR) is 80.5 cm³/mol. The lowest BCUT2D eigenvalue weighted by Crippen LogP contribution is -2.31. The number of para-hydroxylation sites is 1. The highest BCUT2D eigenvalue weighted by molar-refractivity contribution is 6.45. The van der Waals surface area contributed by atoms with Crippen LogP contribution in [0.3, 0.4) is 0 Å². The van der Waals surface area contributed by atoms with Crippen LogP contribution in [0.4, 0.5) is 0 Å². The fourth-order valence-electron chi connectivity index (χ4n) is 2.44. The number of benzene rings is 1. The first-order valence-corrected chi connectivity index (χ1v) is 6.88. The number of fused-ring (bicyclic) bond motifs is 1. The van der Waals surface area contributed by atoms with Crippen LogP contribution in [0.5, 0.6) is 0 Å². The summed E-state index contributed by atoms with van der Waals surface area (Å²) < 4.78 is 4.92. The highest BCUT2D eigenvalue weighted by Gasteiger charge is 2.22. The number of aromatic amines is 1. The fraction of sp³-hybridized carbons (Fsp3) is 0.188. The molecule has 6 heteroatoms. The number of carbonyl (C=O) groups is 2. The summed E-state index contributed by atoms with van der Waals surface area (Å²) in [7, 11) is 0. The lowest BCUT2D eigenvalue weighted by atomic mass is 10.1. The van der Waals surface area contributed by atoms with Gasteiger partial charge in [-0.15, -0.1) is 0 Å². The number of hydrogen-bond acceptors (Lipinski definition) is 4. The van der Waals surface area contributed by atoms with Gasteiger partial charge in [0.1, 0.15) is 11.5 Å². The van der Waals surface area contributed by atoms with Crippen molar-refractivity contribution in [3.8, 4) is 0 Å². The minimum atomic E-state index is -0.659. The largest absolute Gasteiger partial charge is 0.361 e. The van der Waals surface area contributed by atoms with E-state index < -0.39 is 11.7 Å². The molecule has 112 valence electrons. The molecule has 0 saturated heterocycles. The number of nitrogens with zero attached hydrogens (tertiary/aromatic N) is 1. The summed E-state index contributed by atoms with van der Waals surface area (Å²) in [6.07, 6.45) is 0. The molecule has 0 aliphatic heterocycles. The van der Waals surface area contributed by atoms with Gasteiger partial charge in [-0.1, -0.05) is 23.4 Å². The summed E-state index contributed by atoms with van der Waals surface area (Å²) >= 11 is 0. The Morgan fingerprint density at radius 1 is 1.27 bits per heavy atom. The molecule has 2 N–H and O–H groups in total. The van der Waals surface area contributed by atoms with Gasteiger partial charge in [0.15, 0.2) is 0 Å². The van der Waals surface area contributed by atoms with Crippen molar-refractivity contribution < 1.29 is 14.1 Å². The maximum atomic E-state index is 12.4. The number of aromatic nitrogens is 2. The molecule has 0 aliphatic carbocycles. The van der Waals surface area contributed by atoms with Crippen LogP contribution in [-0.2, 0) is 11.3 Å². The second-order valence-corrected chi connectivity index (χ2v) is 5.11. The molecule has 3 aromatic rings.